The number of nitrogens with zero attached hydrogens (tertiary/aromatic N) is 4. The van der Waals surface area contributed by atoms with E-state index in [1.54, 1.807) is 28.8 Å². The van der Waals surface area contributed by atoms with Gasteiger partial charge in [0.25, 0.3) is 5.91 Å². The molecule has 0 spiro atoms. The Labute approximate surface area is 159 Å². The summed E-state index contributed by atoms with van der Waals surface area (Å²) in [6.45, 7) is -0.306. The van der Waals surface area contributed by atoms with Crippen LogP contribution in [0.4, 0.5) is 5.82 Å². The third-order valence-electron chi connectivity index (χ3n) is 4.57. The van der Waals surface area contributed by atoms with Crippen LogP contribution >= 0.6 is 0 Å². The van der Waals surface area contributed by atoms with Gasteiger partial charge in [-0.05, 0) is 12.1 Å². The molecule has 1 saturated heterocycles. The van der Waals surface area contributed by atoms with Crippen LogP contribution in [0.3, 0.4) is 0 Å². The van der Waals surface area contributed by atoms with E-state index in [4.69, 9.17) is 9.47 Å². The van der Waals surface area contributed by atoms with Crippen LogP contribution < -0.4 is 10.1 Å². The van der Waals surface area contributed by atoms with Gasteiger partial charge in [-0.25, -0.2) is 9.97 Å². The Kier molecular flexibility index (Phi) is 4.90. The van der Waals surface area contributed by atoms with Crippen LogP contribution in [0.15, 0.2) is 36.7 Å². The van der Waals surface area contributed by atoms with E-state index in [9.17, 15) is 15.0 Å². The van der Waals surface area contributed by atoms with Crippen molar-refractivity contribution in [2.24, 2.45) is 0 Å². The molecular weight excluding hydrogens is 366 g/mol. The Hall–Kier alpha value is -3.08. The topological polar surface area (TPSA) is 132 Å². The quantitative estimate of drug-likeness (QED) is 0.586. The molecule has 146 valence electrons. The van der Waals surface area contributed by atoms with E-state index in [-0.39, 0.29) is 30.8 Å². The summed E-state index contributed by atoms with van der Waals surface area (Å²) in [6, 6.07) is 8.93. The molecule has 2 aromatic heterocycles. The first-order valence-corrected chi connectivity index (χ1v) is 8.70. The van der Waals surface area contributed by atoms with Crippen molar-refractivity contribution >= 4 is 22.9 Å². The maximum absolute atomic E-state index is 12.5. The van der Waals surface area contributed by atoms with Crippen molar-refractivity contribution in [2.75, 3.05) is 19.0 Å². The van der Waals surface area contributed by atoms with Crippen LogP contribution in [0, 0.1) is 0 Å². The van der Waals surface area contributed by atoms with Crippen molar-refractivity contribution in [1.82, 2.24) is 19.5 Å². The maximum Gasteiger partial charge on any atom is 0.300 e. The molecule has 1 aromatic carbocycles. The molecule has 10 heteroatoms. The summed E-state index contributed by atoms with van der Waals surface area (Å²) in [5.74, 6) is -0.102. The predicted octanol–water partition coefficient (Wildman–Crippen LogP) is 0.728. The average molecular weight is 385 g/mol. The van der Waals surface area contributed by atoms with Crippen molar-refractivity contribution in [2.45, 2.75) is 24.9 Å². The van der Waals surface area contributed by atoms with Crippen molar-refractivity contribution < 1.29 is 24.5 Å². The second-order valence-corrected chi connectivity index (χ2v) is 6.30. The Morgan fingerprint density at radius 1 is 1.36 bits per heavy atom. The number of carbonyl (C=O) groups excluding carboxylic acids is 1. The van der Waals surface area contributed by atoms with Gasteiger partial charge in [0.2, 0.25) is 0 Å². The molecule has 1 amide bonds. The number of carbonyl (C=O) groups is 1. The molecule has 4 rings (SSSR count). The molecule has 0 radical (unpaired) electrons. The fourth-order valence-electron chi connectivity index (χ4n) is 3.19. The number of anilines is 1. The molecule has 1 aliphatic rings. The highest BCUT2D eigenvalue weighted by Gasteiger charge is 2.37. The van der Waals surface area contributed by atoms with E-state index < -0.39 is 18.4 Å². The number of hydrogen-bond acceptors (Lipinski definition) is 8. The van der Waals surface area contributed by atoms with Crippen LogP contribution in [0.25, 0.3) is 11.2 Å². The van der Waals surface area contributed by atoms with Crippen LogP contribution in [-0.2, 0) is 4.74 Å². The van der Waals surface area contributed by atoms with Crippen molar-refractivity contribution in [3.05, 3.63) is 42.2 Å². The van der Waals surface area contributed by atoms with E-state index in [1.165, 1.54) is 13.4 Å². The van der Waals surface area contributed by atoms with Crippen LogP contribution in [0.1, 0.15) is 23.0 Å². The van der Waals surface area contributed by atoms with Crippen molar-refractivity contribution in [3.63, 3.8) is 0 Å². The number of nitrogens with one attached hydrogen (secondary N) is 1. The zero-order chi connectivity index (χ0) is 19.7. The lowest BCUT2D eigenvalue weighted by Crippen LogP contribution is -2.24. The number of rotatable bonds is 5. The molecule has 28 heavy (non-hydrogen) atoms. The average Bonchev–Trinajstić information content (AvgIpc) is 3.28. The minimum Gasteiger partial charge on any atom is -0.468 e. The van der Waals surface area contributed by atoms with Gasteiger partial charge in [-0.3, -0.25) is 9.36 Å². The minimum absolute atomic E-state index is 0.196. The number of methoxy groups -OCH3 is 1. The lowest BCUT2D eigenvalue weighted by molar-refractivity contribution is -0.0450. The molecule has 0 bridgehead atoms. The highest BCUT2D eigenvalue weighted by Crippen LogP contribution is 2.35. The van der Waals surface area contributed by atoms with Gasteiger partial charge in [-0.15, -0.1) is 0 Å². The first-order chi connectivity index (χ1) is 13.6. The fourth-order valence-corrected chi connectivity index (χ4v) is 3.19. The molecule has 3 unspecified atom stereocenters. The molecule has 1 fully saturated rings. The minimum atomic E-state index is -0.823. The van der Waals surface area contributed by atoms with Gasteiger partial charge < -0.3 is 25.0 Å². The first-order valence-electron chi connectivity index (χ1n) is 8.70. The summed E-state index contributed by atoms with van der Waals surface area (Å²) < 4.78 is 12.6. The van der Waals surface area contributed by atoms with Crippen molar-refractivity contribution in [3.8, 4) is 6.01 Å². The molecule has 0 saturated carbocycles. The standard InChI is InChI=1S/C18H19N5O5/c1-27-18-21-14-15(22-17(26)10-5-3-2-4-6-10)19-9-20-16(14)23(18)13-7-11(25)12(8-24)28-13/h2-6,9,11-13,24-25H,7-8H2,1H3,(H,19,20,22,26). The molecule has 3 aromatic rings. The number of fused-ring (bicyclic) bond motifs is 1. The molecule has 10 nitrogen and oxygen atoms in total. The highest BCUT2D eigenvalue weighted by molar-refractivity contribution is 6.06. The van der Waals surface area contributed by atoms with Gasteiger partial charge in [-0.1, -0.05) is 18.2 Å². The Balaban J connectivity index is 1.71. The summed E-state index contributed by atoms with van der Waals surface area (Å²) in [4.78, 5) is 25.2. The summed E-state index contributed by atoms with van der Waals surface area (Å²) >= 11 is 0. The van der Waals surface area contributed by atoms with E-state index >= 15 is 0 Å². The zero-order valence-electron chi connectivity index (χ0n) is 15.0. The molecule has 0 aliphatic carbocycles. The second-order valence-electron chi connectivity index (χ2n) is 6.30. The van der Waals surface area contributed by atoms with E-state index in [2.05, 4.69) is 20.3 Å². The van der Waals surface area contributed by atoms with Crippen LogP contribution in [0.2, 0.25) is 0 Å². The lowest BCUT2D eigenvalue weighted by atomic mass is 10.2. The normalized spacial score (nSPS) is 21.8. The van der Waals surface area contributed by atoms with Crippen molar-refractivity contribution in [1.29, 1.82) is 0 Å². The highest BCUT2D eigenvalue weighted by atomic mass is 16.5. The smallest absolute Gasteiger partial charge is 0.300 e. The largest absolute Gasteiger partial charge is 0.468 e. The third-order valence-corrected chi connectivity index (χ3v) is 4.57. The number of benzene rings is 1. The number of imidazole rings is 1. The van der Waals surface area contributed by atoms with Gasteiger partial charge in [-0.2, -0.15) is 4.98 Å². The van der Waals surface area contributed by atoms with Gasteiger partial charge in [0.05, 0.1) is 19.8 Å². The molecule has 3 heterocycles. The number of amides is 1. The summed E-state index contributed by atoms with van der Waals surface area (Å²) in [5.41, 5.74) is 1.19. The molecule has 3 N–H and O–H groups in total. The Bertz CT molecular complexity index is 993. The summed E-state index contributed by atoms with van der Waals surface area (Å²) in [5, 5.41) is 22.1. The Morgan fingerprint density at radius 3 is 2.82 bits per heavy atom. The second kappa shape index (κ2) is 7.50. The van der Waals surface area contributed by atoms with Gasteiger partial charge in [0.15, 0.2) is 17.0 Å². The number of hydrogen-bond donors (Lipinski definition) is 3. The SMILES string of the molecule is COc1nc2c(NC(=O)c3ccccc3)ncnc2n1C1CC(O)C(CO)O1. The molecular formula is C18H19N5O5. The molecule has 3 atom stereocenters. The summed E-state index contributed by atoms with van der Waals surface area (Å²) in [6.07, 6.45) is -0.611. The lowest BCUT2D eigenvalue weighted by Gasteiger charge is -2.15. The van der Waals surface area contributed by atoms with Crippen LogP contribution in [0.5, 0.6) is 6.01 Å². The number of aliphatic hydroxyl groups is 2. The predicted molar refractivity (Wildman–Crippen MR) is 97.9 cm³/mol. The monoisotopic (exact) mass is 385 g/mol. The fraction of sp³-hybridized carbons (Fsp3) is 0.333. The number of ether oxygens (including phenoxy) is 2. The first kappa shape index (κ1) is 18.3. The Morgan fingerprint density at radius 2 is 2.14 bits per heavy atom. The summed E-state index contributed by atoms with van der Waals surface area (Å²) in [7, 11) is 1.45. The van der Waals surface area contributed by atoms with Crippen LogP contribution in [-0.4, -0.2) is 61.6 Å². The van der Waals surface area contributed by atoms with E-state index in [1.807, 2.05) is 6.07 Å². The van der Waals surface area contributed by atoms with E-state index in [0.717, 1.165) is 0 Å². The molecule has 1 aliphatic heterocycles. The zero-order valence-corrected chi connectivity index (χ0v) is 15.0. The number of aliphatic hydroxyl groups excluding tert-OH is 2. The third kappa shape index (κ3) is 3.17. The van der Waals surface area contributed by atoms with E-state index in [0.29, 0.717) is 16.7 Å². The van der Waals surface area contributed by atoms with Gasteiger partial charge >= 0.3 is 6.01 Å². The maximum atomic E-state index is 12.5. The van der Waals surface area contributed by atoms with Gasteiger partial charge in [0, 0.05) is 12.0 Å². The number of aromatic nitrogens is 4. The van der Waals surface area contributed by atoms with Gasteiger partial charge in [0.1, 0.15) is 18.7 Å².